The summed E-state index contributed by atoms with van der Waals surface area (Å²) in [5, 5.41) is 16.5. The molecule has 0 aliphatic rings. The van der Waals surface area contributed by atoms with Crippen LogP contribution in [-0.4, -0.2) is 45.5 Å². The van der Waals surface area contributed by atoms with Crippen LogP contribution >= 0.6 is 0 Å². The van der Waals surface area contributed by atoms with E-state index < -0.39 is 22.6 Å². The quantitative estimate of drug-likeness (QED) is 0.202. The molecule has 2 aromatic heterocycles. The van der Waals surface area contributed by atoms with E-state index in [1.807, 2.05) is 0 Å². The molecule has 0 atom stereocenters. The normalized spacial score (nSPS) is 11.1. The second-order valence-electron chi connectivity index (χ2n) is 6.77. The second-order valence-corrected chi connectivity index (χ2v) is 6.77. The van der Waals surface area contributed by atoms with Gasteiger partial charge in [0.2, 0.25) is 5.95 Å². The Bertz CT molecular complexity index is 1170. The Morgan fingerprint density at radius 3 is 2.53 bits per heavy atom. The molecule has 0 amide bonds. The SMILES string of the molecule is CCOC(=O)c1cnc(NCCNc2ccc([N+](=O)[O-])cn2)nc1-c1cccc(C(F)(F)F)c1. The van der Waals surface area contributed by atoms with Crippen LogP contribution in [0.1, 0.15) is 22.8 Å². The molecule has 34 heavy (non-hydrogen) atoms. The summed E-state index contributed by atoms with van der Waals surface area (Å²) in [5.74, 6) is -0.262. The van der Waals surface area contributed by atoms with Crippen LogP contribution in [0.25, 0.3) is 11.3 Å². The minimum absolute atomic E-state index is 0.00737. The molecule has 0 aliphatic heterocycles. The number of anilines is 2. The number of rotatable bonds is 9. The van der Waals surface area contributed by atoms with Crippen molar-refractivity contribution >= 4 is 23.4 Å². The second kappa shape index (κ2) is 10.6. The lowest BCUT2D eigenvalue weighted by Crippen LogP contribution is -2.17. The van der Waals surface area contributed by atoms with Gasteiger partial charge in [-0.15, -0.1) is 0 Å². The van der Waals surface area contributed by atoms with Gasteiger partial charge < -0.3 is 15.4 Å². The lowest BCUT2D eigenvalue weighted by molar-refractivity contribution is -0.385. The Morgan fingerprint density at radius 1 is 1.12 bits per heavy atom. The smallest absolute Gasteiger partial charge is 0.416 e. The van der Waals surface area contributed by atoms with Gasteiger partial charge in [-0.2, -0.15) is 13.2 Å². The van der Waals surface area contributed by atoms with Gasteiger partial charge >= 0.3 is 12.1 Å². The number of carbonyl (C=O) groups is 1. The molecule has 0 fully saturated rings. The number of alkyl halides is 3. The number of pyridine rings is 1. The summed E-state index contributed by atoms with van der Waals surface area (Å²) >= 11 is 0. The fourth-order valence-corrected chi connectivity index (χ4v) is 2.85. The highest BCUT2D eigenvalue weighted by atomic mass is 19.4. The van der Waals surface area contributed by atoms with Gasteiger partial charge in [0, 0.05) is 30.9 Å². The van der Waals surface area contributed by atoms with Crippen LogP contribution < -0.4 is 10.6 Å². The maximum atomic E-state index is 13.2. The summed E-state index contributed by atoms with van der Waals surface area (Å²) in [6.07, 6.45) is -2.26. The number of nitrogens with zero attached hydrogens (tertiary/aromatic N) is 4. The Balaban J connectivity index is 1.76. The van der Waals surface area contributed by atoms with Crippen LogP contribution in [0.15, 0.2) is 48.8 Å². The van der Waals surface area contributed by atoms with Gasteiger partial charge in [0.05, 0.1) is 22.8 Å². The molecule has 10 nitrogen and oxygen atoms in total. The zero-order valence-corrected chi connectivity index (χ0v) is 17.8. The molecule has 13 heteroatoms. The zero-order valence-electron chi connectivity index (χ0n) is 17.8. The number of hydrogen-bond acceptors (Lipinski definition) is 9. The first kappa shape index (κ1) is 24.4. The van der Waals surface area contributed by atoms with Crippen molar-refractivity contribution in [3.8, 4) is 11.3 Å². The van der Waals surface area contributed by atoms with Gasteiger partial charge in [0.25, 0.3) is 5.69 Å². The van der Waals surface area contributed by atoms with Crippen molar-refractivity contribution in [1.82, 2.24) is 15.0 Å². The highest BCUT2D eigenvalue weighted by molar-refractivity contribution is 5.96. The van der Waals surface area contributed by atoms with Crippen molar-refractivity contribution in [2.45, 2.75) is 13.1 Å². The first-order valence-electron chi connectivity index (χ1n) is 9.99. The number of aromatic nitrogens is 3. The highest BCUT2D eigenvalue weighted by Crippen LogP contribution is 2.33. The van der Waals surface area contributed by atoms with E-state index in [-0.39, 0.29) is 41.6 Å². The Labute approximate surface area is 191 Å². The number of benzene rings is 1. The minimum atomic E-state index is -4.56. The summed E-state index contributed by atoms with van der Waals surface area (Å²) < 4.78 is 44.5. The third-order valence-electron chi connectivity index (χ3n) is 4.42. The Kier molecular flexibility index (Phi) is 7.56. The molecule has 3 rings (SSSR count). The first-order chi connectivity index (χ1) is 16.2. The third-order valence-corrected chi connectivity index (χ3v) is 4.42. The van der Waals surface area contributed by atoms with E-state index in [0.29, 0.717) is 12.4 Å². The maximum absolute atomic E-state index is 13.2. The van der Waals surface area contributed by atoms with Gasteiger partial charge in [-0.3, -0.25) is 10.1 Å². The zero-order chi connectivity index (χ0) is 24.7. The van der Waals surface area contributed by atoms with E-state index in [4.69, 9.17) is 4.74 Å². The van der Waals surface area contributed by atoms with E-state index in [0.717, 1.165) is 18.3 Å². The number of esters is 1. The number of nitro groups is 1. The number of nitrogens with one attached hydrogen (secondary N) is 2. The molecule has 0 aliphatic carbocycles. The van der Waals surface area contributed by atoms with Crippen LogP contribution in [0.2, 0.25) is 0 Å². The molecule has 2 heterocycles. The molecule has 1 aromatic carbocycles. The Morgan fingerprint density at radius 2 is 1.88 bits per heavy atom. The molecule has 0 bridgehead atoms. The Hall–Kier alpha value is -4.29. The molecule has 0 spiro atoms. The average molecular weight is 476 g/mol. The topological polar surface area (TPSA) is 132 Å². The summed E-state index contributed by atoms with van der Waals surface area (Å²) in [4.78, 5) is 34.6. The fourth-order valence-electron chi connectivity index (χ4n) is 2.85. The standard InChI is InChI=1S/C21H19F3N6O4/c1-2-34-19(31)16-12-28-20(26-9-8-25-17-7-6-15(11-27-17)30(32)33)29-18(16)13-4-3-5-14(10-13)21(22,23)24/h3-7,10-12H,2,8-9H2,1H3,(H,25,27)(H,26,28,29). The number of hydrogen-bond donors (Lipinski definition) is 2. The van der Waals surface area contributed by atoms with Crippen molar-refractivity contribution < 1.29 is 27.6 Å². The summed E-state index contributed by atoms with van der Waals surface area (Å²) in [6, 6.07) is 7.22. The molecule has 2 N–H and O–H groups in total. The molecule has 3 aromatic rings. The molecular formula is C21H19F3N6O4. The first-order valence-corrected chi connectivity index (χ1v) is 9.99. The van der Waals surface area contributed by atoms with Gasteiger partial charge in [-0.05, 0) is 25.1 Å². The van der Waals surface area contributed by atoms with Crippen LogP contribution in [0.4, 0.5) is 30.6 Å². The summed E-state index contributed by atoms with van der Waals surface area (Å²) in [7, 11) is 0. The molecule has 0 saturated carbocycles. The van der Waals surface area contributed by atoms with Crippen molar-refractivity contribution in [2.75, 3.05) is 30.3 Å². The van der Waals surface area contributed by atoms with E-state index in [9.17, 15) is 28.1 Å². The van der Waals surface area contributed by atoms with Crippen molar-refractivity contribution in [3.63, 3.8) is 0 Å². The molecule has 0 radical (unpaired) electrons. The van der Waals surface area contributed by atoms with E-state index in [2.05, 4.69) is 25.6 Å². The van der Waals surface area contributed by atoms with Crippen molar-refractivity contribution in [3.05, 3.63) is 70.0 Å². The van der Waals surface area contributed by atoms with Gasteiger partial charge in [-0.1, -0.05) is 12.1 Å². The highest BCUT2D eigenvalue weighted by Gasteiger charge is 2.31. The van der Waals surface area contributed by atoms with Crippen LogP contribution in [0.3, 0.4) is 0 Å². The predicted octanol–water partition coefficient (Wildman–Crippen LogP) is 4.17. The number of halogens is 3. The fraction of sp³-hybridized carbons (Fsp3) is 0.238. The summed E-state index contributed by atoms with van der Waals surface area (Å²) in [6.45, 7) is 2.28. The lowest BCUT2D eigenvalue weighted by Gasteiger charge is -2.13. The monoisotopic (exact) mass is 476 g/mol. The molecule has 0 unspecified atom stereocenters. The van der Waals surface area contributed by atoms with E-state index >= 15 is 0 Å². The average Bonchev–Trinajstić information content (AvgIpc) is 2.81. The number of ether oxygens (including phenoxy) is 1. The van der Waals surface area contributed by atoms with Gasteiger partial charge in [0.1, 0.15) is 17.6 Å². The van der Waals surface area contributed by atoms with Crippen LogP contribution in [-0.2, 0) is 10.9 Å². The van der Waals surface area contributed by atoms with Crippen LogP contribution in [0.5, 0.6) is 0 Å². The number of carbonyl (C=O) groups excluding carboxylic acids is 1. The summed E-state index contributed by atoms with van der Waals surface area (Å²) in [5.41, 5.74) is -1.02. The van der Waals surface area contributed by atoms with Crippen molar-refractivity contribution in [1.29, 1.82) is 0 Å². The minimum Gasteiger partial charge on any atom is -0.462 e. The maximum Gasteiger partial charge on any atom is 0.416 e. The lowest BCUT2D eigenvalue weighted by atomic mass is 10.0. The van der Waals surface area contributed by atoms with E-state index in [1.165, 1.54) is 30.5 Å². The van der Waals surface area contributed by atoms with Gasteiger partial charge in [0.15, 0.2) is 0 Å². The van der Waals surface area contributed by atoms with Crippen molar-refractivity contribution in [2.24, 2.45) is 0 Å². The van der Waals surface area contributed by atoms with Gasteiger partial charge in [-0.25, -0.2) is 19.7 Å². The van der Waals surface area contributed by atoms with Crippen LogP contribution in [0, 0.1) is 10.1 Å². The molecular weight excluding hydrogens is 457 g/mol. The third kappa shape index (κ3) is 6.15. The largest absolute Gasteiger partial charge is 0.462 e. The molecule has 178 valence electrons. The predicted molar refractivity (Wildman–Crippen MR) is 116 cm³/mol. The molecule has 0 saturated heterocycles. The van der Waals surface area contributed by atoms with E-state index in [1.54, 1.807) is 6.92 Å².